The zero-order valence-corrected chi connectivity index (χ0v) is 18.0. The third kappa shape index (κ3) is 3.33. The van der Waals surface area contributed by atoms with E-state index in [4.69, 9.17) is 4.98 Å². The van der Waals surface area contributed by atoms with Crippen LogP contribution in [0, 0.1) is 6.92 Å². The summed E-state index contributed by atoms with van der Waals surface area (Å²) in [4.78, 5) is 36.0. The Bertz CT molecular complexity index is 1100. The molecular weight excluding hydrogens is 396 g/mol. The van der Waals surface area contributed by atoms with E-state index in [-0.39, 0.29) is 6.04 Å². The van der Waals surface area contributed by atoms with E-state index in [1.54, 1.807) is 16.2 Å². The molecule has 5 rings (SSSR count). The zero-order chi connectivity index (χ0) is 20.8. The quantitative estimate of drug-likeness (QED) is 0.605. The van der Waals surface area contributed by atoms with Crippen LogP contribution < -0.4 is 4.90 Å². The maximum atomic E-state index is 12.5. The number of benzene rings is 2. The highest BCUT2D eigenvalue weighted by Crippen LogP contribution is 2.32. The SMILES string of the molecule is Cc1ccc2c(c1)C(=O)C(=O)N2CN1CCN([C@H](C)c2nc3ccccc3s2)CC1. The van der Waals surface area contributed by atoms with Crippen LogP contribution >= 0.6 is 11.3 Å². The fraction of sp³-hybridized carbons (Fsp3) is 0.348. The van der Waals surface area contributed by atoms with Crippen molar-refractivity contribution in [3.63, 3.8) is 0 Å². The summed E-state index contributed by atoms with van der Waals surface area (Å²) in [6, 6.07) is 14.2. The molecule has 6 nitrogen and oxygen atoms in total. The van der Waals surface area contributed by atoms with E-state index in [2.05, 4.69) is 34.9 Å². The third-order valence-electron chi connectivity index (χ3n) is 6.09. The van der Waals surface area contributed by atoms with Gasteiger partial charge in [-0.05, 0) is 38.1 Å². The molecule has 3 aromatic rings. The smallest absolute Gasteiger partial charge is 0.292 e. The monoisotopic (exact) mass is 420 g/mol. The van der Waals surface area contributed by atoms with E-state index in [0.29, 0.717) is 12.2 Å². The number of aromatic nitrogens is 1. The molecule has 0 spiro atoms. The average Bonchev–Trinajstić information content (AvgIpc) is 3.29. The first-order valence-electron chi connectivity index (χ1n) is 10.3. The summed E-state index contributed by atoms with van der Waals surface area (Å²) in [6.45, 7) is 8.15. The molecule has 1 saturated heterocycles. The van der Waals surface area contributed by atoms with Crippen molar-refractivity contribution in [2.45, 2.75) is 19.9 Å². The fourth-order valence-corrected chi connectivity index (χ4v) is 5.33. The molecular formula is C23H24N4O2S. The van der Waals surface area contributed by atoms with Crippen LogP contribution in [0.2, 0.25) is 0 Å². The highest BCUT2D eigenvalue weighted by molar-refractivity contribution is 7.18. The largest absolute Gasteiger partial charge is 0.300 e. The van der Waals surface area contributed by atoms with E-state index < -0.39 is 11.7 Å². The number of nitrogens with zero attached hydrogens (tertiary/aromatic N) is 4. The fourth-order valence-electron chi connectivity index (χ4n) is 4.27. The lowest BCUT2D eigenvalue weighted by Gasteiger charge is -2.38. The number of ketones is 1. The Morgan fingerprint density at radius 1 is 1.07 bits per heavy atom. The predicted molar refractivity (Wildman–Crippen MR) is 119 cm³/mol. The number of anilines is 1. The Labute approximate surface area is 179 Å². The molecule has 0 N–H and O–H groups in total. The van der Waals surface area contributed by atoms with Crippen molar-refractivity contribution in [3.05, 3.63) is 58.6 Å². The topological polar surface area (TPSA) is 56.8 Å². The third-order valence-corrected chi connectivity index (χ3v) is 7.30. The van der Waals surface area contributed by atoms with Gasteiger partial charge in [-0.1, -0.05) is 23.8 Å². The lowest BCUT2D eigenvalue weighted by molar-refractivity contribution is -0.114. The number of Topliss-reactive ketones (excluding diaryl/α,β-unsaturated/α-hetero) is 1. The molecule has 154 valence electrons. The van der Waals surface area contributed by atoms with Gasteiger partial charge in [0.1, 0.15) is 5.01 Å². The summed E-state index contributed by atoms with van der Waals surface area (Å²) in [5.74, 6) is -0.808. The summed E-state index contributed by atoms with van der Waals surface area (Å²) in [5, 5.41) is 1.15. The minimum absolute atomic E-state index is 0.267. The molecule has 0 bridgehead atoms. The van der Waals surface area contributed by atoms with Crippen molar-refractivity contribution in [1.29, 1.82) is 0 Å². The molecule has 2 aliphatic rings. The van der Waals surface area contributed by atoms with Crippen molar-refractivity contribution < 1.29 is 9.59 Å². The maximum absolute atomic E-state index is 12.5. The minimum atomic E-state index is -0.416. The van der Waals surface area contributed by atoms with E-state index in [0.717, 1.165) is 48.0 Å². The Hall–Kier alpha value is -2.61. The number of thiazole rings is 1. The van der Waals surface area contributed by atoms with Crippen LogP contribution in [0.3, 0.4) is 0 Å². The number of piperazine rings is 1. The molecule has 0 radical (unpaired) electrons. The first-order chi connectivity index (χ1) is 14.5. The number of carbonyl (C=O) groups excluding carboxylic acids is 2. The lowest BCUT2D eigenvalue weighted by atomic mass is 10.1. The molecule has 1 atom stereocenters. The Kier molecular flexibility index (Phi) is 4.89. The van der Waals surface area contributed by atoms with Gasteiger partial charge in [0.15, 0.2) is 0 Å². The Balaban J connectivity index is 1.24. The van der Waals surface area contributed by atoms with Gasteiger partial charge in [-0.3, -0.25) is 24.3 Å². The summed E-state index contributed by atoms with van der Waals surface area (Å²) >= 11 is 1.76. The van der Waals surface area contributed by atoms with E-state index in [9.17, 15) is 9.59 Å². The molecule has 0 unspecified atom stereocenters. The minimum Gasteiger partial charge on any atom is -0.292 e. The first-order valence-corrected chi connectivity index (χ1v) is 11.1. The number of hydrogen-bond donors (Lipinski definition) is 0. The zero-order valence-electron chi connectivity index (χ0n) is 17.2. The Morgan fingerprint density at radius 2 is 1.83 bits per heavy atom. The molecule has 1 amide bonds. The maximum Gasteiger partial charge on any atom is 0.300 e. The average molecular weight is 421 g/mol. The number of hydrogen-bond acceptors (Lipinski definition) is 6. The number of amides is 1. The molecule has 2 aliphatic heterocycles. The van der Waals surface area contributed by atoms with Crippen LogP contribution in [0.4, 0.5) is 5.69 Å². The van der Waals surface area contributed by atoms with Gasteiger partial charge in [-0.25, -0.2) is 4.98 Å². The number of para-hydroxylation sites is 1. The van der Waals surface area contributed by atoms with Gasteiger partial charge in [-0.15, -0.1) is 11.3 Å². The summed E-state index contributed by atoms with van der Waals surface area (Å²) in [7, 11) is 0. The number of fused-ring (bicyclic) bond motifs is 2. The van der Waals surface area contributed by atoms with Gasteiger partial charge in [0.05, 0.1) is 34.2 Å². The summed E-state index contributed by atoms with van der Waals surface area (Å²) in [6.07, 6.45) is 0. The van der Waals surface area contributed by atoms with E-state index in [1.807, 2.05) is 31.2 Å². The van der Waals surface area contributed by atoms with E-state index >= 15 is 0 Å². The molecule has 1 aromatic heterocycles. The second-order valence-corrected chi connectivity index (χ2v) is 9.14. The molecule has 2 aromatic carbocycles. The van der Waals surface area contributed by atoms with Crippen molar-refractivity contribution >= 4 is 38.9 Å². The molecule has 30 heavy (non-hydrogen) atoms. The van der Waals surface area contributed by atoms with Crippen LogP contribution in [-0.4, -0.2) is 59.3 Å². The standard InChI is InChI=1S/C23H24N4O2S/c1-15-7-8-19-17(13-15)21(28)23(29)27(19)14-25-9-11-26(12-10-25)16(2)22-24-18-5-3-4-6-20(18)30-22/h3-8,13,16H,9-12,14H2,1-2H3/t16-/m1/s1. The van der Waals surface area contributed by atoms with Crippen molar-refractivity contribution in [2.75, 3.05) is 37.7 Å². The van der Waals surface area contributed by atoms with Crippen molar-refractivity contribution in [1.82, 2.24) is 14.8 Å². The van der Waals surface area contributed by atoms with Gasteiger partial charge >= 0.3 is 5.91 Å². The van der Waals surface area contributed by atoms with Crippen LogP contribution in [0.15, 0.2) is 42.5 Å². The van der Waals surface area contributed by atoms with Gasteiger partial charge in [0.2, 0.25) is 0 Å². The normalized spacial score (nSPS) is 18.9. The molecule has 3 heterocycles. The predicted octanol–water partition coefficient (Wildman–Crippen LogP) is 3.47. The molecule has 7 heteroatoms. The highest BCUT2D eigenvalue weighted by atomic mass is 32.1. The van der Waals surface area contributed by atoms with Gasteiger partial charge in [0, 0.05) is 26.2 Å². The molecule has 0 aliphatic carbocycles. The lowest BCUT2D eigenvalue weighted by Crippen LogP contribution is -2.51. The number of carbonyl (C=O) groups is 2. The highest BCUT2D eigenvalue weighted by Gasteiger charge is 2.37. The van der Waals surface area contributed by atoms with Gasteiger partial charge in [-0.2, -0.15) is 0 Å². The van der Waals surface area contributed by atoms with Crippen LogP contribution in [0.1, 0.15) is 33.9 Å². The molecule has 1 fully saturated rings. The van der Waals surface area contributed by atoms with Crippen LogP contribution in [0.5, 0.6) is 0 Å². The summed E-state index contributed by atoms with van der Waals surface area (Å²) in [5.41, 5.74) is 3.33. The van der Waals surface area contributed by atoms with Gasteiger partial charge in [0.25, 0.3) is 5.78 Å². The Morgan fingerprint density at radius 3 is 2.60 bits per heavy atom. The molecule has 0 saturated carbocycles. The van der Waals surface area contributed by atoms with Crippen molar-refractivity contribution in [2.24, 2.45) is 0 Å². The second-order valence-electron chi connectivity index (χ2n) is 8.07. The van der Waals surface area contributed by atoms with Crippen molar-refractivity contribution in [3.8, 4) is 0 Å². The number of rotatable bonds is 4. The van der Waals surface area contributed by atoms with E-state index in [1.165, 1.54) is 4.70 Å². The second kappa shape index (κ2) is 7.58. The van der Waals surface area contributed by atoms with Crippen LogP contribution in [0.25, 0.3) is 10.2 Å². The van der Waals surface area contributed by atoms with Gasteiger partial charge < -0.3 is 0 Å². The first kappa shape index (κ1) is 19.4. The van der Waals surface area contributed by atoms with Crippen LogP contribution in [-0.2, 0) is 4.79 Å². The number of aryl methyl sites for hydroxylation is 1. The summed E-state index contributed by atoms with van der Waals surface area (Å²) < 4.78 is 1.23.